The summed E-state index contributed by atoms with van der Waals surface area (Å²) in [5, 5.41) is 13.4. The number of nitrogens with one attached hydrogen (secondary N) is 1. The fraction of sp³-hybridized carbons (Fsp3) is 0.625. The SMILES string of the molecule is CCCC[C@@H](c1cc(Br)c(O)c(OC)c1)N1CCNCC1.Cl.Cl. The summed E-state index contributed by atoms with van der Waals surface area (Å²) in [6, 6.07) is 4.39. The third kappa shape index (κ3) is 5.98. The second-order valence-electron chi connectivity index (χ2n) is 5.50. The van der Waals surface area contributed by atoms with Gasteiger partial charge in [0.05, 0.1) is 11.6 Å². The highest BCUT2D eigenvalue weighted by atomic mass is 79.9. The van der Waals surface area contributed by atoms with Crippen LogP contribution in [0.4, 0.5) is 0 Å². The van der Waals surface area contributed by atoms with Gasteiger partial charge in [0.15, 0.2) is 11.5 Å². The van der Waals surface area contributed by atoms with Crippen molar-refractivity contribution in [2.75, 3.05) is 33.3 Å². The summed E-state index contributed by atoms with van der Waals surface area (Å²) in [4.78, 5) is 2.53. The van der Waals surface area contributed by atoms with E-state index in [1.165, 1.54) is 18.4 Å². The van der Waals surface area contributed by atoms with E-state index in [1.54, 1.807) is 7.11 Å². The number of unbranched alkanes of at least 4 members (excludes halogenated alkanes) is 1. The lowest BCUT2D eigenvalue weighted by atomic mass is 9.98. The first kappa shape index (κ1) is 22.8. The highest BCUT2D eigenvalue weighted by molar-refractivity contribution is 9.10. The van der Waals surface area contributed by atoms with Gasteiger partial charge in [-0.15, -0.1) is 24.8 Å². The Morgan fingerprint density at radius 2 is 1.96 bits per heavy atom. The minimum absolute atomic E-state index is 0. The fourth-order valence-electron chi connectivity index (χ4n) is 2.89. The molecule has 0 bridgehead atoms. The van der Waals surface area contributed by atoms with Gasteiger partial charge in [-0.1, -0.05) is 19.8 Å². The number of ether oxygens (including phenoxy) is 1. The number of hydrogen-bond acceptors (Lipinski definition) is 4. The minimum atomic E-state index is 0. The second kappa shape index (κ2) is 11.4. The molecule has 1 aromatic carbocycles. The van der Waals surface area contributed by atoms with Crippen molar-refractivity contribution in [2.24, 2.45) is 0 Å². The predicted molar refractivity (Wildman–Crippen MR) is 104 cm³/mol. The van der Waals surface area contributed by atoms with Gasteiger partial charge in [0.1, 0.15) is 0 Å². The Balaban J connectivity index is 0.00000242. The molecule has 1 aromatic rings. The Bertz CT molecular complexity index is 472. The van der Waals surface area contributed by atoms with Crippen LogP contribution >= 0.6 is 40.7 Å². The molecule has 1 saturated heterocycles. The summed E-state index contributed by atoms with van der Waals surface area (Å²) in [5.74, 6) is 0.715. The molecule has 0 unspecified atom stereocenters. The molecule has 2 rings (SSSR count). The number of rotatable bonds is 6. The van der Waals surface area contributed by atoms with Crippen molar-refractivity contribution in [1.29, 1.82) is 0 Å². The topological polar surface area (TPSA) is 44.7 Å². The molecule has 0 spiro atoms. The van der Waals surface area contributed by atoms with Gasteiger partial charge in [-0.2, -0.15) is 0 Å². The van der Waals surface area contributed by atoms with E-state index >= 15 is 0 Å². The highest BCUT2D eigenvalue weighted by Gasteiger charge is 2.23. The molecular weight excluding hydrogens is 403 g/mol. The van der Waals surface area contributed by atoms with Crippen LogP contribution in [0.5, 0.6) is 11.5 Å². The number of piperazine rings is 1. The van der Waals surface area contributed by atoms with Crippen LogP contribution in [0, 0.1) is 0 Å². The van der Waals surface area contributed by atoms with E-state index in [0.29, 0.717) is 16.3 Å². The maximum Gasteiger partial charge on any atom is 0.172 e. The summed E-state index contributed by atoms with van der Waals surface area (Å²) in [6.07, 6.45) is 3.53. The molecule has 7 heteroatoms. The van der Waals surface area contributed by atoms with E-state index in [4.69, 9.17) is 4.74 Å². The Labute approximate surface area is 159 Å². The monoisotopic (exact) mass is 428 g/mol. The van der Waals surface area contributed by atoms with Gasteiger partial charge < -0.3 is 15.2 Å². The van der Waals surface area contributed by atoms with E-state index in [1.807, 2.05) is 12.1 Å². The third-order valence-corrected chi connectivity index (χ3v) is 4.68. The molecule has 1 heterocycles. The molecule has 1 atom stereocenters. The number of benzene rings is 1. The molecule has 1 aliphatic heterocycles. The Kier molecular flexibility index (Phi) is 11.3. The lowest BCUT2D eigenvalue weighted by Gasteiger charge is -2.35. The molecule has 1 fully saturated rings. The maximum absolute atomic E-state index is 9.99. The standard InChI is InChI=1S/C16H25BrN2O2.2ClH/c1-3-4-5-14(19-8-6-18-7-9-19)12-10-13(17)16(20)15(11-12)21-2;;/h10-11,14,18,20H,3-9H2,1-2H3;2*1H/t14-;;/m0../s1. The van der Waals surface area contributed by atoms with Crippen molar-refractivity contribution in [2.45, 2.75) is 32.2 Å². The summed E-state index contributed by atoms with van der Waals surface area (Å²) in [7, 11) is 1.59. The van der Waals surface area contributed by atoms with E-state index < -0.39 is 0 Å². The predicted octanol–water partition coefficient (Wildman–Crippen LogP) is 4.14. The van der Waals surface area contributed by atoms with Gasteiger partial charge in [0.25, 0.3) is 0 Å². The summed E-state index contributed by atoms with van der Waals surface area (Å²) >= 11 is 3.44. The van der Waals surface area contributed by atoms with Gasteiger partial charge in [0.2, 0.25) is 0 Å². The van der Waals surface area contributed by atoms with Crippen LogP contribution in [0.25, 0.3) is 0 Å². The lowest BCUT2D eigenvalue weighted by Crippen LogP contribution is -2.45. The van der Waals surface area contributed by atoms with E-state index in [-0.39, 0.29) is 30.6 Å². The van der Waals surface area contributed by atoms with E-state index in [2.05, 4.69) is 33.1 Å². The maximum atomic E-state index is 9.99. The Hall–Kier alpha value is -0.200. The first-order valence-electron chi connectivity index (χ1n) is 7.68. The number of phenolic OH excluding ortho intramolecular Hbond substituents is 1. The highest BCUT2D eigenvalue weighted by Crippen LogP contribution is 2.39. The largest absolute Gasteiger partial charge is 0.503 e. The van der Waals surface area contributed by atoms with Crippen LogP contribution in [-0.2, 0) is 0 Å². The number of nitrogens with zero attached hydrogens (tertiary/aromatic N) is 1. The van der Waals surface area contributed by atoms with Crippen molar-refractivity contribution < 1.29 is 9.84 Å². The average molecular weight is 430 g/mol. The molecule has 0 amide bonds. The van der Waals surface area contributed by atoms with Crippen LogP contribution < -0.4 is 10.1 Å². The normalized spacial score (nSPS) is 16.1. The zero-order valence-electron chi connectivity index (χ0n) is 13.7. The van der Waals surface area contributed by atoms with Crippen molar-refractivity contribution >= 4 is 40.7 Å². The Morgan fingerprint density at radius 1 is 1.30 bits per heavy atom. The van der Waals surface area contributed by atoms with Crippen molar-refractivity contribution in [3.8, 4) is 11.5 Å². The first-order valence-corrected chi connectivity index (χ1v) is 8.47. The smallest absolute Gasteiger partial charge is 0.172 e. The first-order chi connectivity index (χ1) is 10.2. The minimum Gasteiger partial charge on any atom is -0.503 e. The third-order valence-electron chi connectivity index (χ3n) is 4.08. The molecule has 0 aromatic heterocycles. The fourth-order valence-corrected chi connectivity index (χ4v) is 3.35. The Morgan fingerprint density at radius 3 is 2.52 bits per heavy atom. The summed E-state index contributed by atoms with van der Waals surface area (Å²) < 4.78 is 6.00. The summed E-state index contributed by atoms with van der Waals surface area (Å²) in [5.41, 5.74) is 1.21. The van der Waals surface area contributed by atoms with Crippen molar-refractivity contribution in [3.63, 3.8) is 0 Å². The second-order valence-corrected chi connectivity index (χ2v) is 6.35. The van der Waals surface area contributed by atoms with Crippen LogP contribution in [0.1, 0.15) is 37.8 Å². The van der Waals surface area contributed by atoms with E-state index in [9.17, 15) is 5.11 Å². The number of hydrogen-bond donors (Lipinski definition) is 2. The molecule has 0 radical (unpaired) electrons. The zero-order chi connectivity index (χ0) is 15.2. The van der Waals surface area contributed by atoms with Gasteiger partial charge in [-0.05, 0) is 40.0 Å². The summed E-state index contributed by atoms with van der Waals surface area (Å²) in [6.45, 7) is 6.44. The van der Waals surface area contributed by atoms with Gasteiger partial charge in [-0.25, -0.2) is 0 Å². The molecule has 0 saturated carbocycles. The molecule has 1 aliphatic rings. The molecule has 0 aliphatic carbocycles. The molecule has 134 valence electrons. The average Bonchev–Trinajstić information content (AvgIpc) is 2.52. The lowest BCUT2D eigenvalue weighted by molar-refractivity contribution is 0.163. The quantitative estimate of drug-likeness (QED) is 0.712. The van der Waals surface area contributed by atoms with Crippen LogP contribution in [0.2, 0.25) is 0 Å². The molecular formula is C16H27BrCl2N2O2. The van der Waals surface area contributed by atoms with Crippen molar-refractivity contribution in [3.05, 3.63) is 22.2 Å². The van der Waals surface area contributed by atoms with Crippen LogP contribution in [-0.4, -0.2) is 43.3 Å². The number of halogens is 3. The molecule has 4 nitrogen and oxygen atoms in total. The van der Waals surface area contributed by atoms with Gasteiger partial charge >= 0.3 is 0 Å². The zero-order valence-corrected chi connectivity index (χ0v) is 16.9. The molecule has 2 N–H and O–H groups in total. The number of aromatic hydroxyl groups is 1. The van der Waals surface area contributed by atoms with Crippen LogP contribution in [0.3, 0.4) is 0 Å². The number of phenols is 1. The van der Waals surface area contributed by atoms with Crippen LogP contribution in [0.15, 0.2) is 16.6 Å². The molecule has 23 heavy (non-hydrogen) atoms. The van der Waals surface area contributed by atoms with Gasteiger partial charge in [-0.3, -0.25) is 4.90 Å². The van der Waals surface area contributed by atoms with E-state index in [0.717, 1.165) is 32.6 Å². The van der Waals surface area contributed by atoms with Crippen molar-refractivity contribution in [1.82, 2.24) is 10.2 Å². The number of methoxy groups -OCH3 is 1. The van der Waals surface area contributed by atoms with Gasteiger partial charge in [0, 0.05) is 32.2 Å².